The van der Waals surface area contributed by atoms with E-state index in [-0.39, 0.29) is 17.3 Å². The molecule has 1 atom stereocenters. The first-order valence-electron chi connectivity index (χ1n) is 12.2. The van der Waals surface area contributed by atoms with E-state index >= 15 is 0 Å². The summed E-state index contributed by atoms with van der Waals surface area (Å²) in [5.41, 5.74) is 2.25. The summed E-state index contributed by atoms with van der Waals surface area (Å²) in [4.78, 5) is 39.1. The van der Waals surface area contributed by atoms with Crippen molar-refractivity contribution in [1.82, 2.24) is 14.5 Å². The maximum Gasteiger partial charge on any atom is 0.414 e. The third-order valence-corrected chi connectivity index (χ3v) is 6.77. The predicted molar refractivity (Wildman–Crippen MR) is 144 cm³/mol. The summed E-state index contributed by atoms with van der Waals surface area (Å²) in [5, 5.41) is 10.1. The molecule has 37 heavy (non-hydrogen) atoms. The van der Waals surface area contributed by atoms with Gasteiger partial charge in [-0.25, -0.2) is 14.8 Å². The number of hydrogen-bond donors (Lipinski definition) is 1. The van der Waals surface area contributed by atoms with E-state index in [4.69, 9.17) is 4.74 Å². The number of benzene rings is 1. The second kappa shape index (κ2) is 10.6. The molecule has 3 heterocycles. The number of nitrogens with zero attached hydrogens (tertiary/aromatic N) is 5. The van der Waals surface area contributed by atoms with Gasteiger partial charge in [0.1, 0.15) is 16.9 Å². The van der Waals surface area contributed by atoms with Crippen molar-refractivity contribution in [2.45, 2.75) is 57.8 Å². The number of carbonyl (C=O) groups is 1. The SMILES string of the molecule is Cc1cccc2c1N(C(=O)OC(C)(C)C)CCN2c1cc2cnc(S(C)=O)nc2n(CCCCO)c1=O. The first-order chi connectivity index (χ1) is 17.5. The minimum absolute atomic E-state index is 0.0187. The van der Waals surface area contributed by atoms with Crippen molar-refractivity contribution >= 4 is 45.0 Å². The quantitative estimate of drug-likeness (QED) is 0.382. The molecule has 1 aliphatic heterocycles. The van der Waals surface area contributed by atoms with Crippen LogP contribution in [0.15, 0.2) is 40.4 Å². The topological polar surface area (TPSA) is 118 Å². The molecule has 10 nitrogen and oxygen atoms in total. The maximum absolute atomic E-state index is 13.9. The van der Waals surface area contributed by atoms with E-state index in [1.54, 1.807) is 21.7 Å². The van der Waals surface area contributed by atoms with Crippen LogP contribution in [-0.4, -0.2) is 61.5 Å². The van der Waals surface area contributed by atoms with Gasteiger partial charge in [-0.15, -0.1) is 0 Å². The van der Waals surface area contributed by atoms with E-state index in [2.05, 4.69) is 9.97 Å². The van der Waals surface area contributed by atoms with Crippen LogP contribution in [0.5, 0.6) is 0 Å². The Bertz CT molecular complexity index is 1410. The Morgan fingerprint density at radius 1 is 1.19 bits per heavy atom. The molecule has 3 aromatic rings. The van der Waals surface area contributed by atoms with Gasteiger partial charge < -0.3 is 14.7 Å². The number of ether oxygens (including phenoxy) is 1. The number of rotatable bonds is 6. The lowest BCUT2D eigenvalue weighted by atomic mass is 10.1. The molecule has 0 fully saturated rings. The van der Waals surface area contributed by atoms with Gasteiger partial charge in [0.2, 0.25) is 5.16 Å². The zero-order valence-electron chi connectivity index (χ0n) is 21.9. The highest BCUT2D eigenvalue weighted by molar-refractivity contribution is 7.84. The first-order valence-corrected chi connectivity index (χ1v) is 13.8. The molecule has 0 bridgehead atoms. The number of pyridine rings is 1. The average molecular weight is 528 g/mol. The van der Waals surface area contributed by atoms with Crippen LogP contribution in [0.1, 0.15) is 39.2 Å². The smallest absolute Gasteiger partial charge is 0.414 e. The number of hydrogen-bond acceptors (Lipinski definition) is 8. The zero-order chi connectivity index (χ0) is 26.9. The van der Waals surface area contributed by atoms with Gasteiger partial charge in [-0.05, 0) is 58.2 Å². The standard InChI is InChI=1S/C26H33N5O5S/c1-17-9-8-10-19-21(17)30(25(34)36-26(2,3)4)13-12-29(19)20-15-18-16-27-24(37(5)35)28-22(18)31(23(20)33)11-6-7-14-32/h8-10,15-16,32H,6-7,11-14H2,1-5H3. The number of aliphatic hydroxyl groups is 1. The predicted octanol–water partition coefficient (Wildman–Crippen LogP) is 3.50. The summed E-state index contributed by atoms with van der Waals surface area (Å²) in [6.07, 6.45) is 3.75. The lowest BCUT2D eigenvalue weighted by Crippen LogP contribution is -2.46. The van der Waals surface area contributed by atoms with Crippen LogP contribution < -0.4 is 15.4 Å². The van der Waals surface area contributed by atoms with Crippen molar-refractivity contribution < 1.29 is 18.8 Å². The minimum atomic E-state index is -1.40. The van der Waals surface area contributed by atoms with Crippen LogP contribution in [0, 0.1) is 6.92 Å². The minimum Gasteiger partial charge on any atom is -0.443 e. The van der Waals surface area contributed by atoms with Gasteiger partial charge in [0, 0.05) is 44.1 Å². The van der Waals surface area contributed by atoms with E-state index in [1.807, 2.05) is 50.8 Å². The van der Waals surface area contributed by atoms with E-state index in [0.717, 1.165) is 11.3 Å². The fraction of sp³-hybridized carbons (Fsp3) is 0.462. The number of unbranched alkanes of at least 4 members (excludes halogenated alkanes) is 1. The second-order valence-corrected chi connectivity index (χ2v) is 11.3. The van der Waals surface area contributed by atoms with Gasteiger partial charge in [-0.1, -0.05) is 12.1 Å². The van der Waals surface area contributed by atoms with E-state index in [1.165, 1.54) is 6.26 Å². The van der Waals surface area contributed by atoms with Crippen LogP contribution in [0.2, 0.25) is 0 Å². The van der Waals surface area contributed by atoms with Crippen molar-refractivity contribution in [1.29, 1.82) is 0 Å². The summed E-state index contributed by atoms with van der Waals surface area (Å²) < 4.78 is 19.2. The Hall–Kier alpha value is -3.31. The van der Waals surface area contributed by atoms with Crippen molar-refractivity contribution in [2.24, 2.45) is 0 Å². The number of aliphatic hydroxyl groups excluding tert-OH is 1. The maximum atomic E-state index is 13.9. The normalized spacial score (nSPS) is 14.5. The zero-order valence-corrected chi connectivity index (χ0v) is 22.7. The van der Waals surface area contributed by atoms with Crippen LogP contribution in [0.4, 0.5) is 21.9 Å². The number of para-hydroxylation sites is 1. The van der Waals surface area contributed by atoms with Crippen LogP contribution in [0.25, 0.3) is 11.0 Å². The van der Waals surface area contributed by atoms with Gasteiger partial charge in [-0.3, -0.25) is 18.5 Å². The molecule has 1 N–H and O–H groups in total. The summed E-state index contributed by atoms with van der Waals surface area (Å²) in [6, 6.07) is 7.45. The Morgan fingerprint density at radius 3 is 2.62 bits per heavy atom. The summed E-state index contributed by atoms with van der Waals surface area (Å²) in [7, 11) is -1.40. The number of anilines is 3. The highest BCUT2D eigenvalue weighted by atomic mass is 32.2. The monoisotopic (exact) mass is 527 g/mol. The van der Waals surface area contributed by atoms with Gasteiger partial charge in [0.05, 0.1) is 22.2 Å². The molecule has 198 valence electrons. The molecule has 0 aliphatic carbocycles. The molecule has 1 unspecified atom stereocenters. The van der Waals surface area contributed by atoms with Crippen LogP contribution >= 0.6 is 0 Å². The summed E-state index contributed by atoms with van der Waals surface area (Å²) >= 11 is 0. The van der Waals surface area contributed by atoms with Gasteiger partial charge in [0.15, 0.2) is 0 Å². The van der Waals surface area contributed by atoms with Crippen molar-refractivity contribution in [3.8, 4) is 0 Å². The van der Waals surface area contributed by atoms with Gasteiger partial charge in [-0.2, -0.15) is 0 Å². The number of carbonyl (C=O) groups excluding carboxylic acids is 1. The fourth-order valence-electron chi connectivity index (χ4n) is 4.44. The highest BCUT2D eigenvalue weighted by Crippen LogP contribution is 2.40. The lowest BCUT2D eigenvalue weighted by molar-refractivity contribution is 0.0580. The Morgan fingerprint density at radius 2 is 1.95 bits per heavy atom. The molecular formula is C26H33N5O5S. The first kappa shape index (κ1) is 26.7. The number of aryl methyl sites for hydroxylation is 2. The summed E-state index contributed by atoms with van der Waals surface area (Å²) in [5.74, 6) is 0. The lowest BCUT2D eigenvalue weighted by Gasteiger charge is -2.39. The van der Waals surface area contributed by atoms with Crippen LogP contribution in [-0.2, 0) is 22.1 Å². The van der Waals surface area contributed by atoms with Gasteiger partial charge >= 0.3 is 6.09 Å². The third kappa shape index (κ3) is 5.52. The molecule has 0 radical (unpaired) electrons. The Labute approximate surface area is 218 Å². The number of aromatic nitrogens is 3. The van der Waals surface area contributed by atoms with E-state index in [0.29, 0.717) is 54.9 Å². The van der Waals surface area contributed by atoms with E-state index < -0.39 is 22.5 Å². The van der Waals surface area contributed by atoms with Crippen LogP contribution in [0.3, 0.4) is 0 Å². The molecule has 0 saturated heterocycles. The summed E-state index contributed by atoms with van der Waals surface area (Å²) in [6.45, 7) is 8.49. The molecule has 1 aromatic carbocycles. The number of amides is 1. The third-order valence-electron chi connectivity index (χ3n) is 6.06. The highest BCUT2D eigenvalue weighted by Gasteiger charge is 2.33. The average Bonchev–Trinajstić information content (AvgIpc) is 2.83. The molecule has 0 spiro atoms. The molecule has 2 aromatic heterocycles. The van der Waals surface area contributed by atoms with Crippen molar-refractivity contribution in [3.05, 3.63) is 46.4 Å². The second-order valence-electron chi connectivity index (χ2n) is 10.0. The molecular weight excluding hydrogens is 494 g/mol. The molecule has 1 aliphatic rings. The number of fused-ring (bicyclic) bond motifs is 2. The largest absolute Gasteiger partial charge is 0.443 e. The molecule has 1 amide bonds. The Kier molecular flexibility index (Phi) is 7.65. The fourth-order valence-corrected chi connectivity index (χ4v) is 4.86. The van der Waals surface area contributed by atoms with E-state index in [9.17, 15) is 18.9 Å². The van der Waals surface area contributed by atoms with Crippen molar-refractivity contribution in [2.75, 3.05) is 35.8 Å². The van der Waals surface area contributed by atoms with Gasteiger partial charge in [0.25, 0.3) is 5.56 Å². The Balaban J connectivity index is 1.86. The molecule has 0 saturated carbocycles. The molecule has 11 heteroatoms. The van der Waals surface area contributed by atoms with Crippen molar-refractivity contribution in [3.63, 3.8) is 0 Å². The molecule has 4 rings (SSSR count).